The average Bonchev–Trinajstić information content (AvgIpc) is 3.35. The van der Waals surface area contributed by atoms with Crippen molar-refractivity contribution in [2.75, 3.05) is 26.4 Å². The van der Waals surface area contributed by atoms with E-state index < -0.39 is 0 Å². The van der Waals surface area contributed by atoms with Crippen LogP contribution in [0.25, 0.3) is 5.70 Å². The molecule has 4 rings (SSSR count). The molecule has 2 fully saturated rings. The van der Waals surface area contributed by atoms with E-state index in [9.17, 15) is 0 Å². The number of hydrogen-bond acceptors (Lipinski definition) is 5. The molecule has 1 N–H and O–H groups in total. The molecule has 0 radical (unpaired) electrons. The molecule has 0 aromatic heterocycles. The van der Waals surface area contributed by atoms with Crippen molar-refractivity contribution in [2.24, 2.45) is 11.8 Å². The van der Waals surface area contributed by atoms with E-state index in [1.807, 2.05) is 6.07 Å². The second-order valence-corrected chi connectivity index (χ2v) is 8.81. The zero-order chi connectivity index (χ0) is 19.4. The third kappa shape index (κ3) is 4.64. The van der Waals surface area contributed by atoms with E-state index in [1.165, 1.54) is 32.1 Å². The highest BCUT2D eigenvalue weighted by Crippen LogP contribution is 2.36. The number of ether oxygens (including phenoxy) is 3. The summed E-state index contributed by atoms with van der Waals surface area (Å²) in [6, 6.07) is 6.17. The summed E-state index contributed by atoms with van der Waals surface area (Å²) in [7, 11) is 0. The Kier molecular flexibility index (Phi) is 6.12. The summed E-state index contributed by atoms with van der Waals surface area (Å²) < 4.78 is 17.8. The highest BCUT2D eigenvalue weighted by Gasteiger charge is 2.39. The summed E-state index contributed by atoms with van der Waals surface area (Å²) in [6.07, 6.45) is 9.57. The molecule has 0 amide bonds. The standard InChI is InChI=1S/C23H33NO4/c1-17(2)14-26-21-9-8-19(20-13-23(28-24-20)10-11-25-16-23)12-22(21)27-15-18-6-4-3-5-7-18/h8-9,12-13,17-18,24H,3-7,10-11,14-16H2,1-2H3. The lowest BCUT2D eigenvalue weighted by atomic mass is 9.90. The van der Waals surface area contributed by atoms with Gasteiger partial charge in [-0.3, -0.25) is 10.3 Å². The van der Waals surface area contributed by atoms with Gasteiger partial charge in [-0.2, -0.15) is 0 Å². The topological polar surface area (TPSA) is 49.0 Å². The van der Waals surface area contributed by atoms with Crippen LogP contribution in [0.2, 0.25) is 0 Å². The van der Waals surface area contributed by atoms with Crippen LogP contribution >= 0.6 is 0 Å². The van der Waals surface area contributed by atoms with E-state index in [4.69, 9.17) is 19.0 Å². The number of rotatable bonds is 7. The van der Waals surface area contributed by atoms with E-state index in [2.05, 4.69) is 37.5 Å². The molecule has 1 saturated carbocycles. The maximum Gasteiger partial charge on any atom is 0.161 e. The fourth-order valence-electron chi connectivity index (χ4n) is 4.10. The number of hydrogen-bond donors (Lipinski definition) is 1. The summed E-state index contributed by atoms with van der Waals surface area (Å²) in [4.78, 5) is 5.83. The van der Waals surface area contributed by atoms with Crippen molar-refractivity contribution in [3.8, 4) is 11.5 Å². The van der Waals surface area contributed by atoms with Gasteiger partial charge in [-0.1, -0.05) is 33.1 Å². The van der Waals surface area contributed by atoms with Crippen LogP contribution in [0.4, 0.5) is 0 Å². The minimum atomic E-state index is -0.328. The summed E-state index contributed by atoms with van der Waals surface area (Å²) in [5.41, 5.74) is 4.79. The van der Waals surface area contributed by atoms with E-state index in [1.54, 1.807) is 0 Å². The first kappa shape index (κ1) is 19.6. The molecule has 2 heterocycles. The van der Waals surface area contributed by atoms with Crippen molar-refractivity contribution in [1.82, 2.24) is 5.48 Å². The van der Waals surface area contributed by atoms with Crippen LogP contribution in [0.3, 0.4) is 0 Å². The average molecular weight is 388 g/mol. The maximum absolute atomic E-state index is 6.28. The molecule has 1 aliphatic carbocycles. The molecule has 28 heavy (non-hydrogen) atoms. The van der Waals surface area contributed by atoms with Gasteiger partial charge < -0.3 is 14.2 Å². The van der Waals surface area contributed by atoms with Crippen molar-refractivity contribution >= 4 is 5.70 Å². The van der Waals surface area contributed by atoms with Crippen LogP contribution in [0, 0.1) is 11.8 Å². The number of benzene rings is 1. The van der Waals surface area contributed by atoms with Gasteiger partial charge in [0, 0.05) is 18.6 Å². The van der Waals surface area contributed by atoms with Crippen LogP contribution in [0.15, 0.2) is 24.3 Å². The summed E-state index contributed by atoms with van der Waals surface area (Å²) in [5.74, 6) is 2.78. The lowest BCUT2D eigenvalue weighted by Crippen LogP contribution is -2.29. The Morgan fingerprint density at radius 1 is 1.14 bits per heavy atom. The van der Waals surface area contributed by atoms with Gasteiger partial charge in [0.05, 0.1) is 25.5 Å². The zero-order valence-electron chi connectivity index (χ0n) is 17.2. The third-order valence-corrected chi connectivity index (χ3v) is 5.81. The Morgan fingerprint density at radius 2 is 2.00 bits per heavy atom. The normalized spacial score (nSPS) is 25.2. The summed E-state index contributed by atoms with van der Waals surface area (Å²) >= 11 is 0. The largest absolute Gasteiger partial charge is 0.489 e. The lowest BCUT2D eigenvalue weighted by Gasteiger charge is -2.23. The minimum Gasteiger partial charge on any atom is -0.489 e. The maximum atomic E-state index is 6.28. The Bertz CT molecular complexity index is 688. The van der Waals surface area contributed by atoms with Crippen molar-refractivity contribution in [3.63, 3.8) is 0 Å². The van der Waals surface area contributed by atoms with Crippen LogP contribution in [0.1, 0.15) is 57.9 Å². The van der Waals surface area contributed by atoms with Crippen molar-refractivity contribution < 1.29 is 19.0 Å². The molecule has 1 aromatic rings. The monoisotopic (exact) mass is 387 g/mol. The minimum absolute atomic E-state index is 0.328. The highest BCUT2D eigenvalue weighted by molar-refractivity contribution is 5.68. The zero-order valence-corrected chi connectivity index (χ0v) is 17.2. The van der Waals surface area contributed by atoms with E-state index in [-0.39, 0.29) is 5.60 Å². The molecular formula is C23H33NO4. The fourth-order valence-corrected chi connectivity index (χ4v) is 4.10. The molecule has 5 heteroatoms. The first-order valence-electron chi connectivity index (χ1n) is 10.8. The second-order valence-electron chi connectivity index (χ2n) is 8.81. The van der Waals surface area contributed by atoms with Crippen molar-refractivity contribution in [3.05, 3.63) is 29.8 Å². The molecule has 5 nitrogen and oxygen atoms in total. The molecule has 1 spiro atoms. The van der Waals surface area contributed by atoms with Gasteiger partial charge in [0.15, 0.2) is 11.5 Å². The molecule has 3 aliphatic rings. The van der Waals surface area contributed by atoms with Crippen molar-refractivity contribution in [1.29, 1.82) is 0 Å². The molecule has 1 saturated heterocycles. The molecule has 1 unspecified atom stereocenters. The Labute approximate surface area is 168 Å². The lowest BCUT2D eigenvalue weighted by molar-refractivity contribution is -0.0373. The van der Waals surface area contributed by atoms with Gasteiger partial charge in [-0.15, -0.1) is 0 Å². The summed E-state index contributed by atoms with van der Waals surface area (Å²) in [5, 5.41) is 0. The molecule has 154 valence electrons. The number of hydroxylamine groups is 1. The predicted octanol–water partition coefficient (Wildman–Crippen LogP) is 4.72. The van der Waals surface area contributed by atoms with Gasteiger partial charge in [-0.25, -0.2) is 0 Å². The molecule has 1 aromatic carbocycles. The van der Waals surface area contributed by atoms with Crippen LogP contribution < -0.4 is 15.0 Å². The van der Waals surface area contributed by atoms with Gasteiger partial charge >= 0.3 is 0 Å². The smallest absolute Gasteiger partial charge is 0.161 e. The Morgan fingerprint density at radius 3 is 2.75 bits per heavy atom. The first-order valence-corrected chi connectivity index (χ1v) is 10.8. The second kappa shape index (κ2) is 8.75. The molecule has 2 aliphatic heterocycles. The van der Waals surface area contributed by atoms with Gasteiger partial charge in [0.25, 0.3) is 0 Å². The first-order chi connectivity index (χ1) is 13.6. The Hall–Kier alpha value is -1.72. The molecule has 1 atom stereocenters. The van der Waals surface area contributed by atoms with E-state index in [0.29, 0.717) is 25.0 Å². The SMILES string of the molecule is CC(C)COc1ccc(C2=CC3(CCOC3)ON2)cc1OCC1CCCCC1. The van der Waals surface area contributed by atoms with Gasteiger partial charge in [0.2, 0.25) is 0 Å². The molecule has 0 bridgehead atoms. The van der Waals surface area contributed by atoms with E-state index in [0.717, 1.165) is 42.4 Å². The van der Waals surface area contributed by atoms with Gasteiger partial charge in [-0.05, 0) is 49.0 Å². The Balaban J connectivity index is 1.51. The van der Waals surface area contributed by atoms with Gasteiger partial charge in [0.1, 0.15) is 5.60 Å². The predicted molar refractivity (Wildman–Crippen MR) is 109 cm³/mol. The fraction of sp³-hybridized carbons (Fsp3) is 0.652. The summed E-state index contributed by atoms with van der Waals surface area (Å²) in [6.45, 7) is 7.11. The number of nitrogens with one attached hydrogen (secondary N) is 1. The van der Waals surface area contributed by atoms with Crippen LogP contribution in [0.5, 0.6) is 11.5 Å². The third-order valence-electron chi connectivity index (χ3n) is 5.81. The quantitative estimate of drug-likeness (QED) is 0.734. The van der Waals surface area contributed by atoms with Crippen LogP contribution in [-0.4, -0.2) is 32.0 Å². The van der Waals surface area contributed by atoms with Crippen molar-refractivity contribution in [2.45, 2.75) is 58.0 Å². The highest BCUT2D eigenvalue weighted by atomic mass is 16.7. The molecular weight excluding hydrogens is 354 g/mol. The van der Waals surface area contributed by atoms with E-state index >= 15 is 0 Å². The van der Waals surface area contributed by atoms with Crippen LogP contribution in [-0.2, 0) is 9.57 Å².